The van der Waals surface area contributed by atoms with Crippen molar-refractivity contribution in [2.45, 2.75) is 12.8 Å². The summed E-state index contributed by atoms with van der Waals surface area (Å²) in [7, 11) is 0. The predicted octanol–water partition coefficient (Wildman–Crippen LogP) is 4.38. The average molecular weight is 454 g/mol. The van der Waals surface area contributed by atoms with Crippen LogP contribution in [-0.2, 0) is 6.18 Å². The average Bonchev–Trinajstić information content (AvgIpc) is 3.07. The first kappa shape index (κ1) is 21.2. The van der Waals surface area contributed by atoms with E-state index in [0.29, 0.717) is 0 Å². The summed E-state index contributed by atoms with van der Waals surface area (Å²) in [5.74, 6) is -1.73. The van der Waals surface area contributed by atoms with Gasteiger partial charge < -0.3 is 16.2 Å². The van der Waals surface area contributed by atoms with E-state index in [9.17, 15) is 26.3 Å². The van der Waals surface area contributed by atoms with Crippen LogP contribution in [0.5, 0.6) is 5.75 Å². The number of ether oxygens (including phenoxy) is 1. The highest BCUT2D eigenvalue weighted by Crippen LogP contribution is 2.42. The number of halogens is 6. The molecule has 166 valence electrons. The molecule has 0 spiro atoms. The zero-order valence-electron chi connectivity index (χ0n) is 15.7. The lowest BCUT2D eigenvalue weighted by Gasteiger charge is -2.15. The normalized spacial score (nSPS) is 12.0. The number of pyridine rings is 1. The fraction of sp³-hybridized carbons (Fsp3) is 0.105. The fourth-order valence-corrected chi connectivity index (χ4v) is 3.20. The first-order valence-corrected chi connectivity index (χ1v) is 8.78. The standard InChI is InChI=1S/C19H12F6N6O/c20-9-3-6-11-28-15(19(23,24)25)14(31(11)7-9)13-12(16(26)30-18(27)29-13)8-1-4-10(5-2-8)32-17(21)22/h1-7,17H,(H4,26,27,29,30). The maximum absolute atomic E-state index is 13.9. The molecule has 0 aliphatic heterocycles. The van der Waals surface area contributed by atoms with Gasteiger partial charge in [0.05, 0.1) is 5.56 Å². The largest absolute Gasteiger partial charge is 0.435 e. The second kappa shape index (κ2) is 7.59. The number of nitrogens with zero attached hydrogens (tertiary/aromatic N) is 4. The maximum Gasteiger partial charge on any atom is 0.435 e. The third kappa shape index (κ3) is 3.84. The number of anilines is 2. The molecule has 32 heavy (non-hydrogen) atoms. The van der Waals surface area contributed by atoms with Crippen LogP contribution in [-0.4, -0.2) is 26.0 Å². The molecule has 1 aromatic carbocycles. The smallest absolute Gasteiger partial charge is 0.435 e. The van der Waals surface area contributed by atoms with Gasteiger partial charge in [0.15, 0.2) is 5.69 Å². The Kier molecular flexibility index (Phi) is 5.03. The fourth-order valence-electron chi connectivity index (χ4n) is 3.20. The number of alkyl halides is 5. The number of nitrogens with two attached hydrogens (primary N) is 2. The molecular weight excluding hydrogens is 442 g/mol. The zero-order valence-corrected chi connectivity index (χ0v) is 15.7. The summed E-state index contributed by atoms with van der Waals surface area (Å²) in [4.78, 5) is 11.3. The summed E-state index contributed by atoms with van der Waals surface area (Å²) in [6.45, 7) is -3.07. The summed E-state index contributed by atoms with van der Waals surface area (Å²) in [6.07, 6.45) is -4.12. The van der Waals surface area contributed by atoms with E-state index in [2.05, 4.69) is 19.7 Å². The minimum Gasteiger partial charge on any atom is -0.435 e. The Hall–Kier alpha value is -4.03. The van der Waals surface area contributed by atoms with E-state index < -0.39 is 35.9 Å². The van der Waals surface area contributed by atoms with E-state index in [1.807, 2.05) is 0 Å². The molecule has 4 aromatic rings. The van der Waals surface area contributed by atoms with Gasteiger partial charge in [0.2, 0.25) is 5.95 Å². The molecule has 4 N–H and O–H groups in total. The van der Waals surface area contributed by atoms with E-state index in [0.717, 1.165) is 22.7 Å². The quantitative estimate of drug-likeness (QED) is 0.444. The van der Waals surface area contributed by atoms with Crippen molar-refractivity contribution in [2.24, 2.45) is 0 Å². The number of nitrogen functional groups attached to an aromatic ring is 2. The Morgan fingerprint density at radius 1 is 0.938 bits per heavy atom. The van der Waals surface area contributed by atoms with Crippen LogP contribution in [0.1, 0.15) is 5.69 Å². The second-order valence-corrected chi connectivity index (χ2v) is 6.48. The van der Waals surface area contributed by atoms with Gasteiger partial charge in [-0.05, 0) is 29.8 Å². The van der Waals surface area contributed by atoms with Gasteiger partial charge in [0.25, 0.3) is 0 Å². The van der Waals surface area contributed by atoms with Crippen molar-refractivity contribution in [1.29, 1.82) is 0 Å². The molecule has 0 saturated heterocycles. The minimum absolute atomic E-state index is 0.0839. The molecule has 0 atom stereocenters. The number of fused-ring (bicyclic) bond motifs is 1. The van der Waals surface area contributed by atoms with Crippen LogP contribution in [0.3, 0.4) is 0 Å². The molecule has 4 rings (SSSR count). The Morgan fingerprint density at radius 3 is 2.25 bits per heavy atom. The Morgan fingerprint density at radius 2 is 1.62 bits per heavy atom. The second-order valence-electron chi connectivity index (χ2n) is 6.48. The summed E-state index contributed by atoms with van der Waals surface area (Å²) < 4.78 is 85.3. The lowest BCUT2D eigenvalue weighted by Crippen LogP contribution is -2.11. The number of aromatic nitrogens is 4. The Balaban J connectivity index is 2.02. The highest BCUT2D eigenvalue weighted by Gasteiger charge is 2.40. The summed E-state index contributed by atoms with van der Waals surface area (Å²) in [5, 5.41) is 0. The number of hydrogen-bond donors (Lipinski definition) is 2. The van der Waals surface area contributed by atoms with Gasteiger partial charge in [-0.2, -0.15) is 26.9 Å². The predicted molar refractivity (Wildman–Crippen MR) is 102 cm³/mol. The van der Waals surface area contributed by atoms with E-state index in [1.54, 1.807) is 0 Å². The van der Waals surface area contributed by atoms with E-state index >= 15 is 0 Å². The number of imidazole rings is 1. The molecule has 3 aromatic heterocycles. The van der Waals surface area contributed by atoms with Gasteiger partial charge in [0, 0.05) is 6.20 Å². The van der Waals surface area contributed by atoms with Crippen LogP contribution in [0.4, 0.5) is 38.1 Å². The first-order chi connectivity index (χ1) is 15.0. The van der Waals surface area contributed by atoms with Crippen molar-refractivity contribution in [2.75, 3.05) is 11.5 Å². The summed E-state index contributed by atoms with van der Waals surface area (Å²) in [6, 6.07) is 6.92. The van der Waals surface area contributed by atoms with Gasteiger partial charge >= 0.3 is 12.8 Å². The van der Waals surface area contributed by atoms with Crippen LogP contribution >= 0.6 is 0 Å². The lowest BCUT2D eigenvalue weighted by atomic mass is 10.0. The van der Waals surface area contributed by atoms with Crippen molar-refractivity contribution in [3.63, 3.8) is 0 Å². The molecular formula is C19H12F6N6O. The van der Waals surface area contributed by atoms with Crippen LogP contribution in [0.15, 0.2) is 42.6 Å². The van der Waals surface area contributed by atoms with Crippen LogP contribution in [0.2, 0.25) is 0 Å². The maximum atomic E-state index is 13.9. The van der Waals surface area contributed by atoms with Crippen LogP contribution in [0.25, 0.3) is 28.2 Å². The van der Waals surface area contributed by atoms with Crippen LogP contribution < -0.4 is 16.2 Å². The van der Waals surface area contributed by atoms with Crippen molar-refractivity contribution in [1.82, 2.24) is 19.4 Å². The van der Waals surface area contributed by atoms with Gasteiger partial charge in [-0.3, -0.25) is 4.40 Å². The molecule has 0 fully saturated rings. The molecule has 0 aliphatic rings. The van der Waals surface area contributed by atoms with Crippen LogP contribution in [0, 0.1) is 5.82 Å². The summed E-state index contributed by atoms with van der Waals surface area (Å²) >= 11 is 0. The third-order valence-corrected chi connectivity index (χ3v) is 4.40. The number of rotatable bonds is 4. The molecule has 0 unspecified atom stereocenters. The number of benzene rings is 1. The third-order valence-electron chi connectivity index (χ3n) is 4.40. The molecule has 0 amide bonds. The van der Waals surface area contributed by atoms with Crippen molar-refractivity contribution < 1.29 is 31.1 Å². The van der Waals surface area contributed by atoms with Crippen molar-refractivity contribution >= 4 is 17.4 Å². The first-order valence-electron chi connectivity index (χ1n) is 8.78. The van der Waals surface area contributed by atoms with E-state index in [1.165, 1.54) is 24.3 Å². The molecule has 3 heterocycles. The molecule has 0 bridgehead atoms. The van der Waals surface area contributed by atoms with Crippen molar-refractivity contribution in [3.8, 4) is 28.3 Å². The highest BCUT2D eigenvalue weighted by atomic mass is 19.4. The van der Waals surface area contributed by atoms with E-state index in [4.69, 9.17) is 11.5 Å². The molecule has 0 radical (unpaired) electrons. The molecule has 0 saturated carbocycles. The topological polar surface area (TPSA) is 104 Å². The molecule has 13 heteroatoms. The Labute approximate surface area is 175 Å². The SMILES string of the molecule is Nc1nc(N)c(-c2ccc(OC(F)F)cc2)c(-c2c(C(F)(F)F)nc3ccc(F)cn23)n1. The monoisotopic (exact) mass is 454 g/mol. The molecule has 7 nitrogen and oxygen atoms in total. The lowest BCUT2D eigenvalue weighted by molar-refractivity contribution is -0.140. The van der Waals surface area contributed by atoms with E-state index in [-0.39, 0.29) is 34.0 Å². The van der Waals surface area contributed by atoms with Gasteiger partial charge in [0.1, 0.15) is 34.4 Å². The van der Waals surface area contributed by atoms with Gasteiger partial charge in [-0.1, -0.05) is 12.1 Å². The van der Waals surface area contributed by atoms with Gasteiger partial charge in [-0.15, -0.1) is 0 Å². The summed E-state index contributed by atoms with van der Waals surface area (Å²) in [5.41, 5.74) is 9.14. The zero-order chi connectivity index (χ0) is 23.2. The number of hydrogen-bond acceptors (Lipinski definition) is 6. The minimum atomic E-state index is -4.93. The van der Waals surface area contributed by atoms with Gasteiger partial charge in [-0.25, -0.2) is 14.4 Å². The highest BCUT2D eigenvalue weighted by molar-refractivity contribution is 5.88. The molecule has 0 aliphatic carbocycles. The van der Waals surface area contributed by atoms with Crippen molar-refractivity contribution in [3.05, 3.63) is 54.1 Å². The Bertz CT molecular complexity index is 1300.